The van der Waals surface area contributed by atoms with Crippen LogP contribution in [-0.2, 0) is 9.47 Å². The molecule has 0 bridgehead atoms. The fourth-order valence-corrected chi connectivity index (χ4v) is 1.82. The minimum atomic E-state index is -0.431. The second kappa shape index (κ2) is 4.84. The maximum atomic E-state index is 11.8. The van der Waals surface area contributed by atoms with Crippen molar-refractivity contribution in [1.82, 2.24) is 4.90 Å². The third kappa shape index (κ3) is 5.39. The van der Waals surface area contributed by atoms with Gasteiger partial charge in [0.25, 0.3) is 0 Å². The molecule has 1 amide bonds. The van der Waals surface area contributed by atoms with E-state index in [4.69, 9.17) is 9.47 Å². The highest BCUT2D eigenvalue weighted by molar-refractivity contribution is 5.68. The second-order valence-electron chi connectivity index (χ2n) is 6.57. The number of rotatable bonds is 1. The smallest absolute Gasteiger partial charge is 0.410 e. The van der Waals surface area contributed by atoms with Gasteiger partial charge in [-0.3, -0.25) is 0 Å². The number of carbonyl (C=O) groups excluding carboxylic acids is 1. The van der Waals surface area contributed by atoms with Crippen molar-refractivity contribution in [1.29, 1.82) is 0 Å². The topological polar surface area (TPSA) is 38.8 Å². The van der Waals surface area contributed by atoms with Crippen LogP contribution in [0, 0.1) is 0 Å². The molecule has 1 saturated heterocycles. The number of amides is 1. The van der Waals surface area contributed by atoms with Crippen molar-refractivity contribution in [3.8, 4) is 0 Å². The van der Waals surface area contributed by atoms with Crippen LogP contribution < -0.4 is 0 Å². The van der Waals surface area contributed by atoms with Crippen molar-refractivity contribution in [3.63, 3.8) is 0 Å². The summed E-state index contributed by atoms with van der Waals surface area (Å²) in [7, 11) is 0. The summed E-state index contributed by atoms with van der Waals surface area (Å²) < 4.78 is 11.2. The summed E-state index contributed by atoms with van der Waals surface area (Å²) in [6.07, 6.45) is 0.774. The lowest BCUT2D eigenvalue weighted by Crippen LogP contribution is -2.37. The van der Waals surface area contributed by atoms with E-state index < -0.39 is 5.60 Å². The molecule has 0 spiro atoms. The quantitative estimate of drug-likeness (QED) is 0.711. The first-order valence-corrected chi connectivity index (χ1v) is 6.22. The summed E-state index contributed by atoms with van der Waals surface area (Å²) in [4.78, 5) is 13.5. The van der Waals surface area contributed by atoms with Crippen LogP contribution in [-0.4, -0.2) is 41.4 Å². The minimum Gasteiger partial charge on any atom is -0.444 e. The monoisotopic (exact) mass is 243 g/mol. The van der Waals surface area contributed by atoms with E-state index in [0.717, 1.165) is 13.0 Å². The first kappa shape index (κ1) is 14.3. The van der Waals surface area contributed by atoms with Crippen LogP contribution in [0.3, 0.4) is 0 Å². The zero-order chi connectivity index (χ0) is 13.3. The van der Waals surface area contributed by atoms with Gasteiger partial charge in [0.05, 0.1) is 18.2 Å². The van der Waals surface area contributed by atoms with Crippen molar-refractivity contribution < 1.29 is 14.3 Å². The highest BCUT2D eigenvalue weighted by atomic mass is 16.6. The lowest BCUT2D eigenvalue weighted by atomic mass is 10.2. The molecule has 0 aliphatic carbocycles. The molecular weight excluding hydrogens is 218 g/mol. The van der Waals surface area contributed by atoms with Crippen LogP contribution in [0.4, 0.5) is 4.79 Å². The Balaban J connectivity index is 2.43. The van der Waals surface area contributed by atoms with E-state index in [1.54, 1.807) is 4.90 Å². The number of nitrogens with zero attached hydrogens (tertiary/aromatic N) is 1. The summed E-state index contributed by atoms with van der Waals surface area (Å²) in [5.41, 5.74) is -0.589. The molecule has 4 heteroatoms. The zero-order valence-electron chi connectivity index (χ0n) is 11.9. The maximum Gasteiger partial charge on any atom is 0.410 e. The lowest BCUT2D eigenvalue weighted by Gasteiger charge is -2.26. The average molecular weight is 243 g/mol. The van der Waals surface area contributed by atoms with Gasteiger partial charge in [-0.2, -0.15) is 0 Å². The normalized spacial score (nSPS) is 21.8. The molecule has 1 aliphatic heterocycles. The molecule has 1 atom stereocenters. The van der Waals surface area contributed by atoms with Crippen LogP contribution in [0.2, 0.25) is 0 Å². The number of hydrogen-bond donors (Lipinski definition) is 0. The molecule has 0 radical (unpaired) electrons. The van der Waals surface area contributed by atoms with Gasteiger partial charge in [-0.05, 0) is 48.0 Å². The molecule has 0 aromatic heterocycles. The molecule has 1 rings (SSSR count). The largest absolute Gasteiger partial charge is 0.444 e. The molecule has 4 nitrogen and oxygen atoms in total. The lowest BCUT2D eigenvalue weighted by molar-refractivity contribution is -0.0549. The third-order valence-corrected chi connectivity index (χ3v) is 2.32. The number of carbonyl (C=O) groups is 1. The molecular formula is C13H25NO3. The van der Waals surface area contributed by atoms with Gasteiger partial charge in [-0.1, -0.05) is 0 Å². The van der Waals surface area contributed by atoms with E-state index in [2.05, 4.69) is 0 Å². The first-order chi connectivity index (χ1) is 7.57. The van der Waals surface area contributed by atoms with Gasteiger partial charge in [-0.15, -0.1) is 0 Å². The number of hydrogen-bond acceptors (Lipinski definition) is 3. The zero-order valence-corrected chi connectivity index (χ0v) is 11.9. The second-order valence-corrected chi connectivity index (χ2v) is 6.57. The molecule has 100 valence electrons. The van der Waals surface area contributed by atoms with Gasteiger partial charge >= 0.3 is 6.09 Å². The summed E-state index contributed by atoms with van der Waals surface area (Å²) >= 11 is 0. The van der Waals surface area contributed by atoms with E-state index in [-0.39, 0.29) is 17.8 Å². The maximum absolute atomic E-state index is 11.8. The van der Waals surface area contributed by atoms with Crippen molar-refractivity contribution in [3.05, 3.63) is 0 Å². The minimum absolute atomic E-state index is 0.127. The fourth-order valence-electron chi connectivity index (χ4n) is 1.82. The van der Waals surface area contributed by atoms with E-state index in [1.807, 2.05) is 41.5 Å². The number of ether oxygens (including phenoxy) is 2. The Morgan fingerprint density at radius 1 is 1.12 bits per heavy atom. The van der Waals surface area contributed by atoms with Gasteiger partial charge in [-0.25, -0.2) is 4.79 Å². The highest BCUT2D eigenvalue weighted by Gasteiger charge is 2.32. The van der Waals surface area contributed by atoms with Gasteiger partial charge in [0.15, 0.2) is 0 Å². The summed E-state index contributed by atoms with van der Waals surface area (Å²) in [6.45, 7) is 13.1. The summed E-state index contributed by atoms with van der Waals surface area (Å²) in [5.74, 6) is 0. The molecule has 1 heterocycles. The van der Waals surface area contributed by atoms with Crippen LogP contribution >= 0.6 is 0 Å². The van der Waals surface area contributed by atoms with Gasteiger partial charge in [0.1, 0.15) is 5.60 Å². The predicted octanol–water partition coefficient (Wildman–Crippen LogP) is 2.81. The molecule has 1 fully saturated rings. The van der Waals surface area contributed by atoms with Crippen LogP contribution in [0.25, 0.3) is 0 Å². The fraction of sp³-hybridized carbons (Fsp3) is 0.923. The Hall–Kier alpha value is -0.770. The van der Waals surface area contributed by atoms with Crippen molar-refractivity contribution in [2.75, 3.05) is 13.1 Å². The van der Waals surface area contributed by atoms with Crippen LogP contribution in [0.5, 0.6) is 0 Å². The first-order valence-electron chi connectivity index (χ1n) is 6.22. The van der Waals surface area contributed by atoms with Crippen LogP contribution in [0.15, 0.2) is 0 Å². The molecule has 0 aromatic carbocycles. The van der Waals surface area contributed by atoms with E-state index in [0.29, 0.717) is 6.54 Å². The molecule has 1 unspecified atom stereocenters. The molecule has 0 saturated carbocycles. The highest BCUT2D eigenvalue weighted by Crippen LogP contribution is 2.21. The summed E-state index contributed by atoms with van der Waals surface area (Å²) in [5, 5.41) is 0. The Morgan fingerprint density at radius 2 is 1.71 bits per heavy atom. The molecule has 0 N–H and O–H groups in total. The van der Waals surface area contributed by atoms with Crippen molar-refractivity contribution in [2.45, 2.75) is 65.3 Å². The average Bonchev–Trinajstić information content (AvgIpc) is 2.45. The van der Waals surface area contributed by atoms with E-state index in [1.165, 1.54) is 0 Å². The SMILES string of the molecule is CC(C)(C)OC(=O)N1CCC(OC(C)(C)C)C1. The van der Waals surface area contributed by atoms with Crippen molar-refractivity contribution in [2.24, 2.45) is 0 Å². The number of likely N-dealkylation sites (tertiary alicyclic amines) is 1. The Morgan fingerprint density at radius 3 is 2.18 bits per heavy atom. The van der Waals surface area contributed by atoms with Crippen LogP contribution in [0.1, 0.15) is 48.0 Å². The Labute approximate surface area is 104 Å². The Bertz CT molecular complexity index is 275. The molecule has 1 aliphatic rings. The standard InChI is InChI=1S/C13H25NO3/c1-12(2,3)16-10-7-8-14(9-10)11(15)17-13(4,5)6/h10H,7-9H2,1-6H3. The van der Waals surface area contributed by atoms with E-state index in [9.17, 15) is 4.79 Å². The van der Waals surface area contributed by atoms with Gasteiger partial charge in [0.2, 0.25) is 0 Å². The summed E-state index contributed by atoms with van der Waals surface area (Å²) in [6, 6.07) is 0. The third-order valence-electron chi connectivity index (χ3n) is 2.32. The van der Waals surface area contributed by atoms with E-state index >= 15 is 0 Å². The van der Waals surface area contributed by atoms with Gasteiger partial charge < -0.3 is 14.4 Å². The Kier molecular flexibility index (Phi) is 4.07. The molecule has 17 heavy (non-hydrogen) atoms. The predicted molar refractivity (Wildman–Crippen MR) is 67.1 cm³/mol. The molecule has 0 aromatic rings. The van der Waals surface area contributed by atoms with Crippen molar-refractivity contribution >= 4 is 6.09 Å². The van der Waals surface area contributed by atoms with Gasteiger partial charge in [0, 0.05) is 6.54 Å².